The Hall–Kier alpha value is -4.01. The van der Waals surface area contributed by atoms with E-state index >= 15 is 0 Å². The fraction of sp³-hybridized carbons (Fsp3) is 0.190. The number of pyridine rings is 1. The van der Waals surface area contributed by atoms with Crippen LogP contribution in [-0.4, -0.2) is 54.7 Å². The number of nitrogens with one attached hydrogen (secondary N) is 2. The van der Waals surface area contributed by atoms with Crippen LogP contribution >= 0.6 is 0 Å². The van der Waals surface area contributed by atoms with E-state index in [4.69, 9.17) is 0 Å². The van der Waals surface area contributed by atoms with Crippen molar-refractivity contribution in [3.63, 3.8) is 0 Å². The Morgan fingerprint density at radius 3 is 2.77 bits per heavy atom. The van der Waals surface area contributed by atoms with Gasteiger partial charge in [0.2, 0.25) is 5.95 Å². The number of amides is 1. The lowest BCUT2D eigenvalue weighted by Crippen LogP contribution is -2.32. The average Bonchev–Trinajstić information content (AvgIpc) is 3.42. The third-order valence-corrected chi connectivity index (χ3v) is 5.14. The van der Waals surface area contributed by atoms with Gasteiger partial charge in [-0.2, -0.15) is 10.1 Å². The molecule has 5 rings (SSSR count). The van der Waals surface area contributed by atoms with E-state index in [9.17, 15) is 9.59 Å². The van der Waals surface area contributed by atoms with E-state index in [-0.39, 0.29) is 17.5 Å². The third-order valence-electron chi connectivity index (χ3n) is 5.14. The first-order valence-corrected chi connectivity index (χ1v) is 9.69. The Labute approximate surface area is 171 Å². The van der Waals surface area contributed by atoms with Crippen molar-refractivity contribution in [2.75, 3.05) is 18.4 Å². The summed E-state index contributed by atoms with van der Waals surface area (Å²) < 4.78 is 1.64. The highest BCUT2D eigenvalue weighted by Crippen LogP contribution is 2.18. The fourth-order valence-electron chi connectivity index (χ4n) is 3.65. The highest BCUT2D eigenvalue weighted by molar-refractivity contribution is 5.92. The lowest BCUT2D eigenvalue weighted by atomic mass is 10.3. The first-order valence-electron chi connectivity index (χ1n) is 9.69. The summed E-state index contributed by atoms with van der Waals surface area (Å²) in [5, 5.41) is 7.99. The molecule has 1 aliphatic rings. The number of benzene rings is 1. The second kappa shape index (κ2) is 7.43. The molecule has 9 nitrogen and oxygen atoms in total. The van der Waals surface area contributed by atoms with Gasteiger partial charge >= 0.3 is 0 Å². The van der Waals surface area contributed by atoms with Crippen molar-refractivity contribution in [1.82, 2.24) is 29.6 Å². The van der Waals surface area contributed by atoms with E-state index < -0.39 is 0 Å². The molecule has 1 aromatic carbocycles. The molecule has 1 atom stereocenters. The van der Waals surface area contributed by atoms with Gasteiger partial charge in [0.25, 0.3) is 11.5 Å². The Morgan fingerprint density at radius 2 is 1.97 bits per heavy atom. The van der Waals surface area contributed by atoms with E-state index in [1.54, 1.807) is 34.0 Å². The van der Waals surface area contributed by atoms with Gasteiger partial charge in [0.15, 0.2) is 5.65 Å². The highest BCUT2D eigenvalue weighted by Gasteiger charge is 2.28. The van der Waals surface area contributed by atoms with Crippen LogP contribution in [0.2, 0.25) is 0 Å². The number of anilines is 1. The number of nitrogens with zero attached hydrogens (tertiary/aromatic N) is 5. The number of carbonyl (C=O) groups excluding carboxylic acids is 1. The molecule has 0 saturated carbocycles. The van der Waals surface area contributed by atoms with Crippen LogP contribution in [0.15, 0.2) is 65.7 Å². The minimum Gasteiger partial charge on any atom is -0.351 e. The quantitative estimate of drug-likeness (QED) is 0.540. The summed E-state index contributed by atoms with van der Waals surface area (Å²) in [5.41, 5.74) is 1.47. The number of para-hydroxylation sites is 1. The molecule has 1 saturated heterocycles. The predicted octanol–water partition coefficient (Wildman–Crippen LogP) is 1.83. The van der Waals surface area contributed by atoms with E-state index in [2.05, 4.69) is 25.4 Å². The van der Waals surface area contributed by atoms with E-state index in [1.807, 2.05) is 30.3 Å². The summed E-state index contributed by atoms with van der Waals surface area (Å²) in [6, 6.07) is 14.8. The van der Waals surface area contributed by atoms with Gasteiger partial charge in [0.1, 0.15) is 11.1 Å². The number of rotatable bonds is 4. The third kappa shape index (κ3) is 3.30. The Kier molecular flexibility index (Phi) is 4.47. The number of aromatic nitrogens is 5. The topological polar surface area (TPSA) is 109 Å². The molecule has 1 aliphatic heterocycles. The molecule has 1 fully saturated rings. The van der Waals surface area contributed by atoms with Crippen LogP contribution in [0.3, 0.4) is 0 Å². The first kappa shape index (κ1) is 18.0. The largest absolute Gasteiger partial charge is 0.351 e. The van der Waals surface area contributed by atoms with Crippen molar-refractivity contribution in [1.29, 1.82) is 0 Å². The molecule has 0 bridgehead atoms. The van der Waals surface area contributed by atoms with E-state index in [0.29, 0.717) is 35.8 Å². The molecular weight excluding hydrogens is 382 g/mol. The van der Waals surface area contributed by atoms with Crippen LogP contribution in [0.25, 0.3) is 16.7 Å². The summed E-state index contributed by atoms with van der Waals surface area (Å²) in [6.45, 7) is 1.12. The summed E-state index contributed by atoms with van der Waals surface area (Å²) in [5.74, 6) is 0.265. The Balaban J connectivity index is 1.37. The fourth-order valence-corrected chi connectivity index (χ4v) is 3.65. The van der Waals surface area contributed by atoms with Crippen LogP contribution in [0.5, 0.6) is 0 Å². The lowest BCUT2D eigenvalue weighted by molar-refractivity contribution is 0.0786. The second-order valence-electron chi connectivity index (χ2n) is 7.14. The van der Waals surface area contributed by atoms with Crippen molar-refractivity contribution < 1.29 is 4.79 Å². The average molecular weight is 401 g/mol. The van der Waals surface area contributed by atoms with Gasteiger partial charge in [0, 0.05) is 25.3 Å². The number of aromatic amines is 1. The van der Waals surface area contributed by atoms with Crippen molar-refractivity contribution in [2.24, 2.45) is 0 Å². The van der Waals surface area contributed by atoms with Gasteiger partial charge in [-0.1, -0.05) is 24.3 Å². The molecule has 2 N–H and O–H groups in total. The SMILES string of the molecule is O=C(c1ccccn1)N1CCC(Nc2nc3c(cnn3-c3ccccc3)c(=O)[nH]2)C1. The first-order chi connectivity index (χ1) is 14.7. The minimum absolute atomic E-state index is 0.0219. The molecule has 30 heavy (non-hydrogen) atoms. The zero-order valence-corrected chi connectivity index (χ0v) is 16.0. The van der Waals surface area contributed by atoms with Gasteiger partial charge < -0.3 is 10.2 Å². The van der Waals surface area contributed by atoms with Crippen molar-refractivity contribution in [3.05, 3.63) is 77.0 Å². The molecule has 0 aliphatic carbocycles. The molecule has 0 spiro atoms. The molecule has 1 amide bonds. The molecule has 9 heteroatoms. The molecule has 0 radical (unpaired) electrons. The second-order valence-corrected chi connectivity index (χ2v) is 7.14. The monoisotopic (exact) mass is 401 g/mol. The number of likely N-dealkylation sites (tertiary alicyclic amines) is 1. The molecular formula is C21H19N7O2. The van der Waals surface area contributed by atoms with Crippen LogP contribution in [0.1, 0.15) is 16.9 Å². The lowest BCUT2D eigenvalue weighted by Gasteiger charge is -2.17. The molecule has 4 aromatic rings. The maximum Gasteiger partial charge on any atom is 0.272 e. The maximum atomic E-state index is 12.6. The molecule has 4 heterocycles. The minimum atomic E-state index is -0.260. The predicted molar refractivity (Wildman–Crippen MR) is 112 cm³/mol. The number of H-pyrrole nitrogens is 1. The highest BCUT2D eigenvalue weighted by atomic mass is 16.2. The van der Waals surface area contributed by atoms with Gasteiger partial charge in [0.05, 0.1) is 11.9 Å². The summed E-state index contributed by atoms with van der Waals surface area (Å²) >= 11 is 0. The van der Waals surface area contributed by atoms with Crippen LogP contribution in [0, 0.1) is 0 Å². The normalized spacial score (nSPS) is 16.1. The van der Waals surface area contributed by atoms with Gasteiger partial charge in [-0.05, 0) is 30.7 Å². The maximum absolute atomic E-state index is 12.6. The molecule has 1 unspecified atom stereocenters. The number of hydrogen-bond donors (Lipinski definition) is 2. The number of fused-ring (bicyclic) bond motifs is 1. The smallest absolute Gasteiger partial charge is 0.272 e. The number of carbonyl (C=O) groups is 1. The molecule has 150 valence electrons. The van der Waals surface area contributed by atoms with Crippen molar-refractivity contribution in [2.45, 2.75) is 12.5 Å². The van der Waals surface area contributed by atoms with Crippen molar-refractivity contribution in [3.8, 4) is 5.69 Å². The van der Waals surface area contributed by atoms with E-state index in [1.165, 1.54) is 6.20 Å². The van der Waals surface area contributed by atoms with E-state index in [0.717, 1.165) is 12.1 Å². The Bertz CT molecular complexity index is 1250. The summed E-state index contributed by atoms with van der Waals surface area (Å²) in [4.78, 5) is 38.3. The molecule has 3 aromatic heterocycles. The van der Waals surface area contributed by atoms with Gasteiger partial charge in [-0.25, -0.2) is 4.68 Å². The zero-order chi connectivity index (χ0) is 20.5. The summed E-state index contributed by atoms with van der Waals surface area (Å²) in [7, 11) is 0. The van der Waals surface area contributed by atoms with Crippen LogP contribution in [-0.2, 0) is 0 Å². The van der Waals surface area contributed by atoms with Crippen LogP contribution in [0.4, 0.5) is 5.95 Å². The van der Waals surface area contributed by atoms with Gasteiger partial charge in [-0.15, -0.1) is 0 Å². The van der Waals surface area contributed by atoms with Crippen molar-refractivity contribution >= 4 is 22.9 Å². The zero-order valence-electron chi connectivity index (χ0n) is 16.0. The standard InChI is InChI=1S/C21H19N7O2/c29-19-16-12-23-28(15-6-2-1-3-7-15)18(16)25-21(26-19)24-14-9-11-27(13-14)20(30)17-8-4-5-10-22-17/h1-8,10,12,14H,9,11,13H2,(H2,24,25,26,29). The number of hydrogen-bond acceptors (Lipinski definition) is 6. The summed E-state index contributed by atoms with van der Waals surface area (Å²) in [6.07, 6.45) is 3.87. The van der Waals surface area contributed by atoms with Gasteiger partial charge in [-0.3, -0.25) is 19.6 Å². The Morgan fingerprint density at radius 1 is 1.13 bits per heavy atom. The van der Waals surface area contributed by atoms with Crippen LogP contribution < -0.4 is 10.9 Å².